The normalized spacial score (nSPS) is 15.1. The van der Waals surface area contributed by atoms with E-state index < -0.39 is 10.0 Å². The van der Waals surface area contributed by atoms with E-state index in [1.165, 1.54) is 31.3 Å². The fourth-order valence-corrected chi connectivity index (χ4v) is 4.62. The van der Waals surface area contributed by atoms with Gasteiger partial charge in [-0.05, 0) is 67.6 Å². The number of ether oxygens (including phenoxy) is 1. The van der Waals surface area contributed by atoms with Gasteiger partial charge in [0, 0.05) is 24.7 Å². The van der Waals surface area contributed by atoms with Crippen molar-refractivity contribution in [2.24, 2.45) is 5.92 Å². The minimum Gasteiger partial charge on any atom is -0.497 e. The van der Waals surface area contributed by atoms with Crippen LogP contribution in [0.1, 0.15) is 25.3 Å². The molecule has 1 atom stereocenters. The molecule has 0 bridgehead atoms. The highest BCUT2D eigenvalue weighted by molar-refractivity contribution is 7.89. The van der Waals surface area contributed by atoms with E-state index in [2.05, 4.69) is 0 Å². The summed E-state index contributed by atoms with van der Waals surface area (Å²) in [4.78, 5) is 15.1. The second kappa shape index (κ2) is 9.37. The Kier molecular flexibility index (Phi) is 7.06. The van der Waals surface area contributed by atoms with E-state index in [0.717, 1.165) is 28.5 Å². The Bertz CT molecular complexity index is 973. The number of halogens is 1. The first-order valence-corrected chi connectivity index (χ1v) is 11.7. The number of methoxy groups -OCH3 is 1. The largest absolute Gasteiger partial charge is 0.497 e. The van der Waals surface area contributed by atoms with E-state index in [4.69, 9.17) is 16.3 Å². The SMILES string of the molecule is COc1ccc(CN(C(=O)CN(C)S(=O)(=O)c2ccc(Cl)cc2)C(C)C2CC2)cc1. The standard InChI is InChI=1S/C22H27ClN2O4S/c1-16(18-6-7-18)25(14-17-4-10-20(29-3)11-5-17)22(26)15-24(2)30(27,28)21-12-8-19(23)9-13-21/h4-5,8-13,16,18H,6-7,14-15H2,1-3H3. The number of likely N-dealkylation sites (N-methyl/N-ethyl adjacent to an activating group) is 1. The molecule has 1 amide bonds. The molecule has 30 heavy (non-hydrogen) atoms. The lowest BCUT2D eigenvalue weighted by atomic mass is 10.1. The first-order chi connectivity index (χ1) is 14.2. The molecule has 8 heteroatoms. The van der Waals surface area contributed by atoms with Crippen molar-refractivity contribution in [3.63, 3.8) is 0 Å². The molecule has 1 saturated carbocycles. The third-order valence-corrected chi connectivity index (χ3v) is 7.58. The topological polar surface area (TPSA) is 66.9 Å². The van der Waals surface area contributed by atoms with Crippen LogP contribution in [-0.4, -0.2) is 50.3 Å². The van der Waals surface area contributed by atoms with Gasteiger partial charge >= 0.3 is 0 Å². The van der Waals surface area contributed by atoms with Crippen LogP contribution in [-0.2, 0) is 21.4 Å². The number of benzene rings is 2. The first kappa shape index (κ1) is 22.6. The summed E-state index contributed by atoms with van der Waals surface area (Å²) in [5.74, 6) is 0.997. The number of nitrogens with zero attached hydrogens (tertiary/aromatic N) is 2. The zero-order valence-electron chi connectivity index (χ0n) is 17.4. The zero-order valence-corrected chi connectivity index (χ0v) is 19.0. The molecule has 1 aliphatic carbocycles. The molecule has 0 saturated heterocycles. The fraction of sp³-hybridized carbons (Fsp3) is 0.409. The van der Waals surface area contributed by atoms with Crippen molar-refractivity contribution >= 4 is 27.5 Å². The van der Waals surface area contributed by atoms with E-state index in [1.807, 2.05) is 31.2 Å². The number of carbonyl (C=O) groups is 1. The van der Waals surface area contributed by atoms with Crippen LogP contribution in [0.25, 0.3) is 0 Å². The number of amides is 1. The summed E-state index contributed by atoms with van der Waals surface area (Å²) >= 11 is 5.86. The van der Waals surface area contributed by atoms with Crippen LogP contribution in [0.4, 0.5) is 0 Å². The van der Waals surface area contributed by atoms with Gasteiger partial charge in [0.15, 0.2) is 0 Å². The number of hydrogen-bond acceptors (Lipinski definition) is 4. The van der Waals surface area contributed by atoms with Gasteiger partial charge in [-0.2, -0.15) is 4.31 Å². The van der Waals surface area contributed by atoms with Gasteiger partial charge in [-0.25, -0.2) is 8.42 Å². The molecule has 0 aromatic heterocycles. The monoisotopic (exact) mass is 450 g/mol. The Labute approximate surface area is 183 Å². The third-order valence-electron chi connectivity index (χ3n) is 5.51. The fourth-order valence-electron chi connectivity index (χ4n) is 3.37. The Morgan fingerprint density at radius 1 is 1.13 bits per heavy atom. The van der Waals surface area contributed by atoms with Gasteiger partial charge < -0.3 is 9.64 Å². The average Bonchev–Trinajstić information content (AvgIpc) is 3.57. The lowest BCUT2D eigenvalue weighted by molar-refractivity contribution is -0.134. The van der Waals surface area contributed by atoms with Crippen LogP contribution >= 0.6 is 11.6 Å². The van der Waals surface area contributed by atoms with Crippen molar-refractivity contribution in [3.05, 3.63) is 59.1 Å². The molecule has 2 aromatic carbocycles. The first-order valence-electron chi connectivity index (χ1n) is 9.86. The van der Waals surface area contributed by atoms with Crippen LogP contribution in [0.3, 0.4) is 0 Å². The summed E-state index contributed by atoms with van der Waals surface area (Å²) in [5.41, 5.74) is 0.972. The molecular formula is C22H27ClN2O4S. The van der Waals surface area contributed by atoms with Gasteiger partial charge in [0.25, 0.3) is 0 Å². The molecule has 2 aromatic rings. The lowest BCUT2D eigenvalue weighted by Gasteiger charge is -2.31. The lowest BCUT2D eigenvalue weighted by Crippen LogP contribution is -2.45. The molecule has 0 radical (unpaired) electrons. The van der Waals surface area contributed by atoms with Crippen LogP contribution in [0.15, 0.2) is 53.4 Å². The van der Waals surface area contributed by atoms with Crippen LogP contribution < -0.4 is 4.74 Å². The average molecular weight is 451 g/mol. The smallest absolute Gasteiger partial charge is 0.243 e. The van der Waals surface area contributed by atoms with Crippen molar-refractivity contribution in [3.8, 4) is 5.75 Å². The highest BCUT2D eigenvalue weighted by Gasteiger charge is 2.35. The van der Waals surface area contributed by atoms with Gasteiger partial charge in [0.05, 0.1) is 18.6 Å². The summed E-state index contributed by atoms with van der Waals surface area (Å²) in [6.07, 6.45) is 2.18. The van der Waals surface area contributed by atoms with Crippen molar-refractivity contribution in [2.45, 2.75) is 37.2 Å². The van der Waals surface area contributed by atoms with Gasteiger partial charge in [-0.15, -0.1) is 0 Å². The summed E-state index contributed by atoms with van der Waals surface area (Å²) in [5, 5.41) is 0.455. The minimum absolute atomic E-state index is 0.0474. The Morgan fingerprint density at radius 3 is 2.27 bits per heavy atom. The van der Waals surface area contributed by atoms with Crippen LogP contribution in [0, 0.1) is 5.92 Å². The molecule has 1 aliphatic rings. The van der Waals surface area contributed by atoms with Crippen LogP contribution in [0.2, 0.25) is 5.02 Å². The highest BCUT2D eigenvalue weighted by atomic mass is 35.5. The highest BCUT2D eigenvalue weighted by Crippen LogP contribution is 2.36. The summed E-state index contributed by atoms with van der Waals surface area (Å²) in [6.45, 7) is 2.24. The van der Waals surface area contributed by atoms with Crippen molar-refractivity contribution in [1.82, 2.24) is 9.21 Å². The molecule has 0 aliphatic heterocycles. The molecule has 1 unspecified atom stereocenters. The van der Waals surface area contributed by atoms with Crippen molar-refractivity contribution in [2.75, 3.05) is 20.7 Å². The third kappa shape index (κ3) is 5.33. The van der Waals surface area contributed by atoms with Gasteiger partial charge in [-0.1, -0.05) is 23.7 Å². The van der Waals surface area contributed by atoms with E-state index in [-0.39, 0.29) is 23.4 Å². The van der Waals surface area contributed by atoms with Gasteiger partial charge in [0.1, 0.15) is 5.75 Å². The van der Waals surface area contributed by atoms with E-state index >= 15 is 0 Å². The zero-order chi connectivity index (χ0) is 21.9. The Balaban J connectivity index is 1.75. The van der Waals surface area contributed by atoms with Gasteiger partial charge in [0.2, 0.25) is 15.9 Å². The molecule has 3 rings (SSSR count). The Morgan fingerprint density at radius 2 is 1.73 bits per heavy atom. The maximum Gasteiger partial charge on any atom is 0.243 e. The second-order valence-electron chi connectivity index (χ2n) is 7.66. The van der Waals surface area contributed by atoms with E-state index in [0.29, 0.717) is 17.5 Å². The van der Waals surface area contributed by atoms with Crippen molar-refractivity contribution < 1.29 is 17.9 Å². The predicted molar refractivity (Wildman–Crippen MR) is 117 cm³/mol. The molecule has 0 heterocycles. The maximum atomic E-state index is 13.2. The number of sulfonamides is 1. The quantitative estimate of drug-likeness (QED) is 0.582. The Hall–Kier alpha value is -2.09. The predicted octanol–water partition coefficient (Wildman–Crippen LogP) is 3.80. The molecule has 0 spiro atoms. The van der Waals surface area contributed by atoms with Crippen molar-refractivity contribution in [1.29, 1.82) is 0 Å². The molecule has 6 nitrogen and oxygen atoms in total. The second-order valence-corrected chi connectivity index (χ2v) is 10.1. The molecule has 0 N–H and O–H groups in total. The van der Waals surface area contributed by atoms with Gasteiger partial charge in [-0.3, -0.25) is 4.79 Å². The van der Waals surface area contributed by atoms with E-state index in [1.54, 1.807) is 12.0 Å². The number of rotatable bonds is 9. The molecular weight excluding hydrogens is 424 g/mol. The van der Waals surface area contributed by atoms with Crippen LogP contribution in [0.5, 0.6) is 5.75 Å². The minimum atomic E-state index is -3.79. The van der Waals surface area contributed by atoms with E-state index in [9.17, 15) is 13.2 Å². The summed E-state index contributed by atoms with van der Waals surface area (Å²) in [6, 6.07) is 13.5. The molecule has 1 fully saturated rings. The summed E-state index contributed by atoms with van der Waals surface area (Å²) < 4.78 is 32.0. The molecule has 162 valence electrons. The maximum absolute atomic E-state index is 13.2. The number of hydrogen-bond donors (Lipinski definition) is 0. The summed E-state index contributed by atoms with van der Waals surface area (Å²) in [7, 11) is -0.752. The number of carbonyl (C=O) groups excluding carboxylic acids is 1.